The van der Waals surface area contributed by atoms with Gasteiger partial charge in [0.05, 0.1) is 23.6 Å². The molecule has 0 bridgehead atoms. The number of hydrogen-bond donors (Lipinski definition) is 1. The Balaban J connectivity index is 1.45. The Morgan fingerprint density at radius 2 is 1.83 bits per heavy atom. The third kappa shape index (κ3) is 4.85. The average Bonchev–Trinajstić information content (AvgIpc) is 2.96. The predicted octanol–water partition coefficient (Wildman–Crippen LogP) is 2.07. The van der Waals surface area contributed by atoms with Gasteiger partial charge in [-0.1, -0.05) is 6.42 Å². The van der Waals surface area contributed by atoms with Crippen molar-refractivity contribution in [2.75, 3.05) is 19.6 Å². The fraction of sp³-hybridized carbons (Fsp3) is 0.611. The minimum absolute atomic E-state index is 0.728. The van der Waals surface area contributed by atoms with Crippen molar-refractivity contribution in [2.24, 2.45) is 0 Å². The minimum Gasteiger partial charge on any atom is -0.307 e. The number of aryl methyl sites for hydroxylation is 2. The van der Waals surface area contributed by atoms with E-state index >= 15 is 0 Å². The second-order valence-corrected chi connectivity index (χ2v) is 6.66. The molecule has 0 spiro atoms. The molecule has 2 aromatic heterocycles. The summed E-state index contributed by atoms with van der Waals surface area (Å²) in [5.41, 5.74) is 4.28. The van der Waals surface area contributed by atoms with E-state index in [1.807, 2.05) is 13.1 Å². The lowest BCUT2D eigenvalue weighted by atomic mass is 10.1. The molecule has 0 unspecified atom stereocenters. The van der Waals surface area contributed by atoms with Gasteiger partial charge in [0.15, 0.2) is 0 Å². The van der Waals surface area contributed by atoms with Crippen LogP contribution in [0.25, 0.3) is 0 Å². The highest BCUT2D eigenvalue weighted by Gasteiger charge is 2.11. The summed E-state index contributed by atoms with van der Waals surface area (Å²) in [6, 6.07) is 0. The smallest absolute Gasteiger partial charge is 0.0724 e. The molecule has 0 aromatic carbocycles. The summed E-state index contributed by atoms with van der Waals surface area (Å²) in [5, 5.41) is 8.09. The van der Waals surface area contributed by atoms with Crippen molar-refractivity contribution in [3.63, 3.8) is 0 Å². The van der Waals surface area contributed by atoms with Crippen molar-refractivity contribution in [1.29, 1.82) is 0 Å². The van der Waals surface area contributed by atoms with Crippen LogP contribution in [0.2, 0.25) is 0 Å². The maximum atomic E-state index is 4.65. The van der Waals surface area contributed by atoms with Crippen LogP contribution in [0.15, 0.2) is 18.6 Å². The molecular formula is C18H28N6. The van der Waals surface area contributed by atoms with Crippen LogP contribution < -0.4 is 5.32 Å². The molecule has 0 atom stereocenters. The van der Waals surface area contributed by atoms with Gasteiger partial charge in [0.25, 0.3) is 0 Å². The maximum absolute atomic E-state index is 4.65. The monoisotopic (exact) mass is 328 g/mol. The van der Waals surface area contributed by atoms with E-state index in [9.17, 15) is 0 Å². The third-order valence-corrected chi connectivity index (χ3v) is 4.60. The first kappa shape index (κ1) is 17.0. The second kappa shape index (κ2) is 8.35. The summed E-state index contributed by atoms with van der Waals surface area (Å²) in [5.74, 6) is 0. The zero-order valence-electron chi connectivity index (χ0n) is 14.8. The van der Waals surface area contributed by atoms with Gasteiger partial charge in [0, 0.05) is 43.8 Å². The quantitative estimate of drug-likeness (QED) is 0.843. The fourth-order valence-corrected chi connectivity index (χ4v) is 3.11. The Hall–Kier alpha value is -1.79. The van der Waals surface area contributed by atoms with Crippen molar-refractivity contribution in [3.8, 4) is 0 Å². The molecule has 6 heteroatoms. The van der Waals surface area contributed by atoms with E-state index in [4.69, 9.17) is 0 Å². The van der Waals surface area contributed by atoms with Gasteiger partial charge in [0.2, 0.25) is 0 Å². The summed E-state index contributed by atoms with van der Waals surface area (Å²) < 4.78 is 2.09. The molecule has 1 aliphatic heterocycles. The second-order valence-electron chi connectivity index (χ2n) is 6.66. The van der Waals surface area contributed by atoms with Gasteiger partial charge in [-0.25, -0.2) is 0 Å². The molecule has 1 N–H and O–H groups in total. The van der Waals surface area contributed by atoms with E-state index in [1.165, 1.54) is 37.9 Å². The lowest BCUT2D eigenvalue weighted by Crippen LogP contribution is -2.32. The van der Waals surface area contributed by atoms with Crippen LogP contribution >= 0.6 is 0 Å². The minimum atomic E-state index is 0.728. The summed E-state index contributed by atoms with van der Waals surface area (Å²) in [4.78, 5) is 11.2. The molecule has 6 nitrogen and oxygen atoms in total. The Morgan fingerprint density at radius 3 is 2.58 bits per heavy atom. The highest BCUT2D eigenvalue weighted by Crippen LogP contribution is 2.10. The van der Waals surface area contributed by atoms with Gasteiger partial charge < -0.3 is 10.2 Å². The number of likely N-dealkylation sites (tertiary alicyclic amines) is 1. The van der Waals surface area contributed by atoms with E-state index in [-0.39, 0.29) is 0 Å². The summed E-state index contributed by atoms with van der Waals surface area (Å²) in [7, 11) is 0. The van der Waals surface area contributed by atoms with E-state index in [0.717, 1.165) is 43.3 Å². The summed E-state index contributed by atoms with van der Waals surface area (Å²) in [6.07, 6.45) is 9.88. The average molecular weight is 328 g/mol. The largest absolute Gasteiger partial charge is 0.307 e. The first-order valence-electron chi connectivity index (χ1n) is 8.94. The number of hydrogen-bond acceptors (Lipinski definition) is 5. The first-order chi connectivity index (χ1) is 11.7. The van der Waals surface area contributed by atoms with Crippen LogP contribution in [-0.4, -0.2) is 44.3 Å². The Morgan fingerprint density at radius 1 is 1.00 bits per heavy atom. The lowest BCUT2D eigenvalue weighted by Gasteiger charge is -2.26. The molecular weight excluding hydrogens is 300 g/mol. The molecule has 0 saturated carbocycles. The third-order valence-electron chi connectivity index (χ3n) is 4.60. The van der Waals surface area contributed by atoms with Gasteiger partial charge in [0.1, 0.15) is 0 Å². The normalized spacial score (nSPS) is 15.8. The molecule has 24 heavy (non-hydrogen) atoms. The van der Waals surface area contributed by atoms with Crippen LogP contribution in [0.4, 0.5) is 0 Å². The highest BCUT2D eigenvalue weighted by atomic mass is 15.3. The molecule has 0 amide bonds. The Bertz CT molecular complexity index is 627. The van der Waals surface area contributed by atoms with E-state index in [0.29, 0.717) is 0 Å². The number of nitrogens with zero attached hydrogens (tertiary/aromatic N) is 5. The molecule has 3 heterocycles. The van der Waals surface area contributed by atoms with Gasteiger partial charge >= 0.3 is 0 Å². The van der Waals surface area contributed by atoms with E-state index in [1.54, 1.807) is 6.20 Å². The summed E-state index contributed by atoms with van der Waals surface area (Å²) >= 11 is 0. The van der Waals surface area contributed by atoms with Gasteiger partial charge in [-0.3, -0.25) is 14.6 Å². The molecule has 1 aliphatic rings. The van der Waals surface area contributed by atoms with Gasteiger partial charge in [-0.15, -0.1) is 0 Å². The van der Waals surface area contributed by atoms with Crippen molar-refractivity contribution < 1.29 is 0 Å². The van der Waals surface area contributed by atoms with Gasteiger partial charge in [-0.2, -0.15) is 5.10 Å². The first-order valence-corrected chi connectivity index (χ1v) is 8.94. The molecule has 2 aromatic rings. The number of piperidine rings is 1. The molecule has 3 rings (SSSR count). The maximum Gasteiger partial charge on any atom is 0.0724 e. The Kier molecular flexibility index (Phi) is 5.93. The van der Waals surface area contributed by atoms with Gasteiger partial charge in [-0.05, 0) is 39.8 Å². The highest BCUT2D eigenvalue weighted by molar-refractivity contribution is 5.15. The van der Waals surface area contributed by atoms with Crippen LogP contribution in [-0.2, 0) is 19.6 Å². The zero-order valence-corrected chi connectivity index (χ0v) is 14.8. The molecule has 0 radical (unpaired) electrons. The SMILES string of the molecule is Cc1cnc(CNCc2cn(CCN3CCCCC3)nc2C)cn1. The van der Waals surface area contributed by atoms with Crippen molar-refractivity contribution in [2.45, 2.75) is 52.7 Å². The molecule has 130 valence electrons. The molecule has 1 saturated heterocycles. The lowest BCUT2D eigenvalue weighted by molar-refractivity contribution is 0.218. The number of rotatable bonds is 7. The van der Waals surface area contributed by atoms with E-state index < -0.39 is 0 Å². The molecule has 0 aliphatic carbocycles. The zero-order chi connectivity index (χ0) is 16.8. The van der Waals surface area contributed by atoms with Crippen molar-refractivity contribution in [1.82, 2.24) is 30.0 Å². The van der Waals surface area contributed by atoms with Crippen LogP contribution in [0, 0.1) is 13.8 Å². The Labute approximate surface area is 144 Å². The van der Waals surface area contributed by atoms with Crippen LogP contribution in [0.3, 0.4) is 0 Å². The van der Waals surface area contributed by atoms with E-state index in [2.05, 4.69) is 43.1 Å². The topological polar surface area (TPSA) is 58.9 Å². The number of nitrogens with one attached hydrogen (secondary N) is 1. The van der Waals surface area contributed by atoms with Crippen LogP contribution in [0.1, 0.15) is 41.9 Å². The summed E-state index contributed by atoms with van der Waals surface area (Å²) in [6.45, 7) is 10.1. The number of aromatic nitrogens is 4. The van der Waals surface area contributed by atoms with Crippen LogP contribution in [0.5, 0.6) is 0 Å². The van der Waals surface area contributed by atoms with Crippen molar-refractivity contribution in [3.05, 3.63) is 41.2 Å². The van der Waals surface area contributed by atoms with Crippen molar-refractivity contribution >= 4 is 0 Å². The standard InChI is InChI=1S/C18H28N6/c1-15-10-21-18(13-20-15)12-19-11-17-14-24(22-16(17)2)9-8-23-6-4-3-5-7-23/h10,13-14,19H,3-9,11-12H2,1-2H3. The predicted molar refractivity (Wildman–Crippen MR) is 94.6 cm³/mol. The molecule has 1 fully saturated rings. The fourth-order valence-electron chi connectivity index (χ4n) is 3.11.